The summed E-state index contributed by atoms with van der Waals surface area (Å²) in [6.45, 7) is 0.343. The van der Waals surface area contributed by atoms with Crippen LogP contribution in [-0.2, 0) is 32.4 Å². The molecule has 2 saturated heterocycles. The fourth-order valence-corrected chi connectivity index (χ4v) is 5.90. The van der Waals surface area contributed by atoms with Gasteiger partial charge in [-0.25, -0.2) is 24.0 Å². The Bertz CT molecular complexity index is 1310. The van der Waals surface area contributed by atoms with Gasteiger partial charge in [-0.15, -0.1) is 0 Å². The first-order chi connectivity index (χ1) is 16.7. The predicted molar refractivity (Wildman–Crippen MR) is 121 cm³/mol. The topological polar surface area (TPSA) is 170 Å². The molecule has 0 bridgehead atoms. The van der Waals surface area contributed by atoms with Crippen molar-refractivity contribution >= 4 is 54.1 Å². The Kier molecular flexibility index (Phi) is 6.72. The Morgan fingerprint density at radius 3 is 2.89 bits per heavy atom. The van der Waals surface area contributed by atoms with Crippen LogP contribution in [-0.4, -0.2) is 62.3 Å². The maximum atomic E-state index is 12.8. The number of esters is 1. The quantitative estimate of drug-likeness (QED) is 0.264. The van der Waals surface area contributed by atoms with E-state index in [1.54, 1.807) is 16.7 Å². The molecule has 5 rings (SSSR count). The Morgan fingerprint density at radius 2 is 2.14 bits per heavy atom. The molecule has 0 spiro atoms. The van der Waals surface area contributed by atoms with Gasteiger partial charge in [0.2, 0.25) is 6.79 Å². The van der Waals surface area contributed by atoms with Gasteiger partial charge in [-0.05, 0) is 24.3 Å². The van der Waals surface area contributed by atoms with Crippen LogP contribution in [0, 0.1) is 0 Å². The van der Waals surface area contributed by atoms with Crippen molar-refractivity contribution in [3.05, 3.63) is 35.6 Å². The lowest BCUT2D eigenvalue weighted by Gasteiger charge is -2.30. The first kappa shape index (κ1) is 24.4. The molecule has 4 heterocycles. The van der Waals surface area contributed by atoms with Crippen molar-refractivity contribution in [2.45, 2.75) is 41.5 Å². The molecule has 186 valence electrons. The number of aliphatic hydroxyl groups excluding tert-OH is 1. The van der Waals surface area contributed by atoms with Crippen LogP contribution in [0.15, 0.2) is 40.6 Å². The minimum atomic E-state index is -4.11. The number of halogens is 1. The highest BCUT2D eigenvalue weighted by Crippen LogP contribution is 2.57. The third-order valence-electron chi connectivity index (χ3n) is 5.18. The van der Waals surface area contributed by atoms with E-state index in [0.717, 1.165) is 4.90 Å². The maximum Gasteiger partial charge on any atom is 0.478 e. The monoisotopic (exact) mass is 543 g/mol. The van der Waals surface area contributed by atoms with Crippen LogP contribution in [0.2, 0.25) is 5.02 Å². The second-order valence-corrected chi connectivity index (χ2v) is 10.6. The van der Waals surface area contributed by atoms with E-state index in [-0.39, 0.29) is 12.4 Å². The smallest absolute Gasteiger partial charge is 0.438 e. The van der Waals surface area contributed by atoms with Crippen LogP contribution in [0.25, 0.3) is 11.2 Å². The number of ether oxygens (including phenoxy) is 2. The number of aliphatic hydroxyl groups is 1. The van der Waals surface area contributed by atoms with Gasteiger partial charge < -0.3 is 20.3 Å². The maximum absolute atomic E-state index is 12.8. The zero-order chi connectivity index (χ0) is 24.7. The van der Waals surface area contributed by atoms with Gasteiger partial charge in [0, 0.05) is 16.8 Å². The number of carbonyl (C=O) groups is 1. The predicted octanol–water partition coefficient (Wildman–Crippen LogP) is 2.53. The van der Waals surface area contributed by atoms with E-state index in [0.29, 0.717) is 21.3 Å². The molecule has 16 heteroatoms. The first-order valence-electron chi connectivity index (χ1n) is 10.2. The number of hydrogen-bond acceptors (Lipinski definition) is 13. The summed E-state index contributed by atoms with van der Waals surface area (Å²) in [5.41, 5.74) is 6.66. The molecular weight excluding hydrogens is 525 g/mol. The van der Waals surface area contributed by atoms with Crippen molar-refractivity contribution in [1.82, 2.24) is 19.5 Å². The van der Waals surface area contributed by atoms with E-state index in [1.165, 1.54) is 25.0 Å². The number of fused-ring (bicyclic) bond motifs is 2. The molecule has 5 atom stereocenters. The number of nitrogens with two attached hydrogens (primary N) is 1. The summed E-state index contributed by atoms with van der Waals surface area (Å²) in [6, 6.07) is 7.09. The number of imidazole rings is 1. The number of rotatable bonds is 6. The molecule has 0 aliphatic carbocycles. The lowest BCUT2D eigenvalue weighted by Crippen LogP contribution is -2.39. The van der Waals surface area contributed by atoms with Gasteiger partial charge in [-0.3, -0.25) is 18.4 Å². The zero-order valence-electron chi connectivity index (χ0n) is 18.0. The molecule has 2 aliphatic rings. The van der Waals surface area contributed by atoms with Crippen LogP contribution >= 0.6 is 31.2 Å². The Labute approximate surface area is 207 Å². The number of hydrogen-bond donors (Lipinski definition) is 2. The molecule has 0 amide bonds. The van der Waals surface area contributed by atoms with Crippen molar-refractivity contribution < 1.29 is 37.5 Å². The van der Waals surface area contributed by atoms with Gasteiger partial charge in [0.05, 0.1) is 6.61 Å². The average Bonchev–Trinajstić information content (AvgIpc) is 3.33. The van der Waals surface area contributed by atoms with E-state index in [1.807, 2.05) is 12.1 Å². The number of aromatic nitrogens is 4. The van der Waals surface area contributed by atoms with Gasteiger partial charge in [0.25, 0.3) is 0 Å². The normalized spacial score (nSPS) is 28.2. The lowest BCUT2D eigenvalue weighted by atomic mass is 10.1. The molecule has 2 unspecified atom stereocenters. The van der Waals surface area contributed by atoms with Crippen molar-refractivity contribution in [2.24, 2.45) is 0 Å². The van der Waals surface area contributed by atoms with Crippen LogP contribution in [0.5, 0.6) is 0 Å². The molecule has 3 aromatic rings. The van der Waals surface area contributed by atoms with Gasteiger partial charge >= 0.3 is 13.8 Å². The first-order valence-corrected chi connectivity index (χ1v) is 12.9. The molecule has 2 aromatic heterocycles. The summed E-state index contributed by atoms with van der Waals surface area (Å²) in [5, 5.41) is 12.1. The highest BCUT2D eigenvalue weighted by Gasteiger charge is 2.54. The largest absolute Gasteiger partial charge is 0.478 e. The number of phosphoric acid groups is 1. The Hall–Kier alpha value is -2.29. The summed E-state index contributed by atoms with van der Waals surface area (Å²) >= 11 is 7.26. The average molecular weight is 544 g/mol. The minimum Gasteiger partial charge on any atom is -0.438 e. The van der Waals surface area contributed by atoms with E-state index in [9.17, 15) is 14.5 Å². The SMILES string of the molecule is CC(=O)OCOP1(=O)OC[C@H]2O[C@@H](n3c(Sc4ccc(Cl)cc4)nc4c(N)ncnc43)[C@@H](O)C2O1. The van der Waals surface area contributed by atoms with Crippen LogP contribution in [0.4, 0.5) is 5.82 Å². The zero-order valence-corrected chi connectivity index (χ0v) is 20.5. The van der Waals surface area contributed by atoms with Crippen LogP contribution in [0.1, 0.15) is 13.2 Å². The molecule has 35 heavy (non-hydrogen) atoms. The van der Waals surface area contributed by atoms with Gasteiger partial charge in [-0.2, -0.15) is 0 Å². The summed E-state index contributed by atoms with van der Waals surface area (Å²) in [5.74, 6) is -0.477. The molecule has 3 N–H and O–H groups in total. The van der Waals surface area contributed by atoms with Crippen molar-refractivity contribution in [3.8, 4) is 0 Å². The summed E-state index contributed by atoms with van der Waals surface area (Å²) in [4.78, 5) is 24.6. The third kappa shape index (κ3) is 4.88. The fourth-order valence-electron chi connectivity index (χ4n) is 3.60. The lowest BCUT2D eigenvalue weighted by molar-refractivity contribution is -0.150. The van der Waals surface area contributed by atoms with Crippen LogP contribution < -0.4 is 5.73 Å². The fraction of sp³-hybridized carbons (Fsp3) is 0.368. The Morgan fingerprint density at radius 1 is 1.37 bits per heavy atom. The number of nitrogen functional groups attached to an aromatic ring is 1. The molecule has 13 nitrogen and oxygen atoms in total. The number of nitrogens with zero attached hydrogens (tertiary/aromatic N) is 4. The third-order valence-corrected chi connectivity index (χ3v) is 7.80. The van der Waals surface area contributed by atoms with Gasteiger partial charge in [0.1, 0.15) is 24.6 Å². The second kappa shape index (κ2) is 9.64. The van der Waals surface area contributed by atoms with Gasteiger partial charge in [0.15, 0.2) is 28.4 Å². The highest BCUT2D eigenvalue weighted by molar-refractivity contribution is 7.99. The standard InChI is InChI=1S/C19H19ClN5O8PS/c1-9(26)29-8-31-34(28)30-6-12-15(33-34)14(27)18(32-12)25-17-13(16(21)22-7-23-17)24-19(25)35-11-4-2-10(20)3-5-11/h2-5,7,12,14-15,18,27H,6,8H2,1H3,(H2,21,22,23)/t12-,14+,15?,18-,34?/m1/s1. The van der Waals surface area contributed by atoms with E-state index >= 15 is 0 Å². The van der Waals surface area contributed by atoms with E-state index < -0.39 is 45.1 Å². The summed E-state index contributed by atoms with van der Waals surface area (Å²) < 4.78 is 40.7. The number of carbonyl (C=O) groups excluding carboxylic acids is 1. The van der Waals surface area contributed by atoms with Gasteiger partial charge in [-0.1, -0.05) is 23.4 Å². The highest BCUT2D eigenvalue weighted by atomic mass is 35.5. The minimum absolute atomic E-state index is 0.152. The molecule has 1 aromatic carbocycles. The molecule has 0 radical (unpaired) electrons. The molecule has 2 fully saturated rings. The van der Waals surface area contributed by atoms with Crippen molar-refractivity contribution in [3.63, 3.8) is 0 Å². The van der Waals surface area contributed by atoms with Crippen molar-refractivity contribution in [1.29, 1.82) is 0 Å². The summed E-state index contributed by atoms with van der Waals surface area (Å²) in [7, 11) is -4.11. The molecule has 0 saturated carbocycles. The number of benzene rings is 1. The Balaban J connectivity index is 1.45. The van der Waals surface area contributed by atoms with E-state index in [2.05, 4.69) is 19.7 Å². The van der Waals surface area contributed by atoms with E-state index in [4.69, 9.17) is 35.6 Å². The number of anilines is 1. The molecular formula is C19H19ClN5O8PS. The summed E-state index contributed by atoms with van der Waals surface area (Å²) in [6.07, 6.45) is -2.92. The molecule has 2 aliphatic heterocycles. The van der Waals surface area contributed by atoms with Crippen LogP contribution in [0.3, 0.4) is 0 Å². The number of phosphoric ester groups is 1. The second-order valence-electron chi connectivity index (χ2n) is 7.50. The van der Waals surface area contributed by atoms with Crippen molar-refractivity contribution in [2.75, 3.05) is 19.1 Å².